The summed E-state index contributed by atoms with van der Waals surface area (Å²) in [5.74, 6) is 0.665. The number of anilines is 8. The molecule has 0 spiro atoms. The van der Waals surface area contributed by atoms with Crippen molar-refractivity contribution in [2.75, 3.05) is 21.3 Å². The van der Waals surface area contributed by atoms with E-state index in [-0.39, 0.29) is 23.8 Å². The first-order chi connectivity index (χ1) is 21.4. The zero-order chi connectivity index (χ0) is 30.5. The zero-order valence-corrected chi connectivity index (χ0v) is 23.3. The summed E-state index contributed by atoms with van der Waals surface area (Å²) in [6.45, 7) is 0.858. The molecule has 220 valence electrons. The van der Waals surface area contributed by atoms with Crippen molar-refractivity contribution in [1.29, 1.82) is 0 Å². The van der Waals surface area contributed by atoms with Crippen LogP contribution in [0, 0.1) is 0 Å². The van der Waals surface area contributed by atoms with Crippen LogP contribution in [-0.4, -0.2) is 29.9 Å². The number of nitrogens with two attached hydrogens (primary N) is 2. The third-order valence-corrected chi connectivity index (χ3v) is 6.62. The second-order valence-electron chi connectivity index (χ2n) is 9.66. The van der Waals surface area contributed by atoms with Crippen molar-refractivity contribution < 1.29 is 0 Å². The predicted molar refractivity (Wildman–Crippen MR) is 171 cm³/mol. The average molecular weight is 589 g/mol. The fourth-order valence-corrected chi connectivity index (χ4v) is 4.49. The van der Waals surface area contributed by atoms with Crippen LogP contribution in [0.1, 0.15) is 11.1 Å². The van der Waals surface area contributed by atoms with Gasteiger partial charge < -0.3 is 32.7 Å². The van der Waals surface area contributed by atoms with Gasteiger partial charge in [0.1, 0.15) is 0 Å². The summed E-state index contributed by atoms with van der Waals surface area (Å²) in [5.41, 5.74) is 14.9. The molecule has 0 amide bonds. The molecular weight excluding hydrogens is 560 g/mol. The van der Waals surface area contributed by atoms with Gasteiger partial charge in [0.2, 0.25) is 23.8 Å². The molecule has 4 aromatic carbocycles. The van der Waals surface area contributed by atoms with Crippen molar-refractivity contribution >= 4 is 57.3 Å². The Bertz CT molecular complexity index is 1890. The Hall–Kier alpha value is -6.12. The molecule has 0 fully saturated rings. The highest BCUT2D eigenvalue weighted by atomic mass is 16.1. The summed E-state index contributed by atoms with van der Waals surface area (Å²) in [6, 6.07) is 26.1. The SMILES string of the molecule is NCc1ccc(Nc2nc(Nc3cccc4c(Nc5nc(Nc6ccc(CN)cc6)nc(=O)[nH]5)cccc34)[nH]c(=O)n2)cc1. The van der Waals surface area contributed by atoms with Crippen molar-refractivity contribution in [1.82, 2.24) is 29.9 Å². The minimum Gasteiger partial charge on any atom is -0.326 e. The molecule has 6 aromatic rings. The topological polar surface area (TPSA) is 217 Å². The standard InChI is InChI=1S/C30H28N12O2/c31-15-17-7-11-19(12-8-17)33-25-37-27(41-29(43)39-25)35-23-5-1-3-21-22(23)4-2-6-24(21)36-28-38-26(40-30(44)42-28)34-20-13-9-18(16-32)10-14-20/h1-14H,15-16,31-32H2,(H3,33,35,37,39,41,43)(H3,34,36,38,40,42,44). The van der Waals surface area contributed by atoms with E-state index in [2.05, 4.69) is 51.2 Å². The summed E-state index contributed by atoms with van der Waals surface area (Å²) in [4.78, 5) is 46.7. The van der Waals surface area contributed by atoms with E-state index in [1.54, 1.807) is 0 Å². The molecule has 0 aliphatic heterocycles. The van der Waals surface area contributed by atoms with E-state index in [1.165, 1.54) is 0 Å². The number of aromatic nitrogens is 6. The van der Waals surface area contributed by atoms with Gasteiger partial charge in [0.05, 0.1) is 0 Å². The molecule has 0 radical (unpaired) electrons. The van der Waals surface area contributed by atoms with Gasteiger partial charge in [-0.2, -0.15) is 19.9 Å². The third kappa shape index (κ3) is 6.51. The van der Waals surface area contributed by atoms with E-state index >= 15 is 0 Å². The van der Waals surface area contributed by atoms with Crippen LogP contribution in [0.5, 0.6) is 0 Å². The first-order valence-corrected chi connectivity index (χ1v) is 13.6. The molecule has 0 unspecified atom stereocenters. The molecule has 0 atom stereocenters. The molecule has 10 N–H and O–H groups in total. The Kier molecular flexibility index (Phi) is 7.90. The van der Waals surface area contributed by atoms with Crippen LogP contribution in [0.2, 0.25) is 0 Å². The summed E-state index contributed by atoms with van der Waals surface area (Å²) >= 11 is 0. The Morgan fingerprint density at radius 3 is 1.32 bits per heavy atom. The van der Waals surface area contributed by atoms with Crippen LogP contribution >= 0.6 is 0 Å². The minimum absolute atomic E-state index is 0.131. The highest BCUT2D eigenvalue weighted by Gasteiger charge is 2.11. The largest absolute Gasteiger partial charge is 0.351 e. The van der Waals surface area contributed by atoms with Crippen LogP contribution in [0.15, 0.2) is 94.5 Å². The van der Waals surface area contributed by atoms with Gasteiger partial charge in [0, 0.05) is 46.6 Å². The lowest BCUT2D eigenvalue weighted by Crippen LogP contribution is -2.17. The Balaban J connectivity index is 1.25. The second kappa shape index (κ2) is 12.4. The first-order valence-electron chi connectivity index (χ1n) is 13.6. The van der Waals surface area contributed by atoms with Crippen molar-refractivity contribution in [3.63, 3.8) is 0 Å². The molecule has 2 aromatic heterocycles. The molecule has 14 heteroatoms. The second-order valence-corrected chi connectivity index (χ2v) is 9.66. The number of nitrogens with zero attached hydrogens (tertiary/aromatic N) is 4. The number of hydrogen-bond acceptors (Lipinski definition) is 12. The van der Waals surface area contributed by atoms with Gasteiger partial charge in [-0.25, -0.2) is 9.59 Å². The third-order valence-electron chi connectivity index (χ3n) is 6.62. The molecule has 0 aliphatic rings. The van der Waals surface area contributed by atoms with Crippen LogP contribution in [0.3, 0.4) is 0 Å². The predicted octanol–water partition coefficient (Wildman–Crippen LogP) is 3.69. The number of H-pyrrole nitrogens is 2. The lowest BCUT2D eigenvalue weighted by Gasteiger charge is -2.14. The highest BCUT2D eigenvalue weighted by molar-refractivity contribution is 6.02. The molecule has 14 nitrogen and oxygen atoms in total. The molecule has 0 saturated carbocycles. The number of benzene rings is 4. The van der Waals surface area contributed by atoms with Crippen LogP contribution in [0.25, 0.3) is 10.8 Å². The smallest absolute Gasteiger partial charge is 0.326 e. The maximum atomic E-state index is 12.3. The van der Waals surface area contributed by atoms with E-state index < -0.39 is 11.4 Å². The molecule has 0 bridgehead atoms. The Morgan fingerprint density at radius 2 is 0.932 bits per heavy atom. The number of fused-ring (bicyclic) bond motifs is 1. The summed E-state index contributed by atoms with van der Waals surface area (Å²) in [7, 11) is 0. The molecule has 2 heterocycles. The van der Waals surface area contributed by atoms with Gasteiger partial charge in [-0.15, -0.1) is 0 Å². The maximum Gasteiger partial charge on any atom is 0.351 e. The number of nitrogens with one attached hydrogen (secondary N) is 6. The van der Waals surface area contributed by atoms with Crippen molar-refractivity contribution in [2.45, 2.75) is 13.1 Å². The zero-order valence-electron chi connectivity index (χ0n) is 23.3. The summed E-state index contributed by atoms with van der Waals surface area (Å²) in [5, 5.41) is 14.1. The monoisotopic (exact) mass is 588 g/mol. The van der Waals surface area contributed by atoms with Gasteiger partial charge in [0.25, 0.3) is 0 Å². The van der Waals surface area contributed by atoms with Crippen LogP contribution in [0.4, 0.5) is 46.5 Å². The first kappa shape index (κ1) is 28.0. The highest BCUT2D eigenvalue weighted by Crippen LogP contribution is 2.31. The number of hydrogen-bond donors (Lipinski definition) is 8. The normalized spacial score (nSPS) is 10.9. The van der Waals surface area contributed by atoms with E-state index in [4.69, 9.17) is 11.5 Å². The van der Waals surface area contributed by atoms with Crippen molar-refractivity contribution in [2.24, 2.45) is 11.5 Å². The van der Waals surface area contributed by atoms with Gasteiger partial charge in [-0.3, -0.25) is 9.97 Å². The van der Waals surface area contributed by atoms with Crippen molar-refractivity contribution in [3.05, 3.63) is 117 Å². The molecule has 0 saturated heterocycles. The lowest BCUT2D eigenvalue weighted by atomic mass is 10.1. The van der Waals surface area contributed by atoms with E-state index in [9.17, 15) is 9.59 Å². The molecule has 0 aliphatic carbocycles. The van der Waals surface area contributed by atoms with Crippen LogP contribution < -0.4 is 44.1 Å². The Labute approximate surface area is 250 Å². The minimum atomic E-state index is -0.571. The van der Waals surface area contributed by atoms with Gasteiger partial charge in [-0.1, -0.05) is 48.5 Å². The average Bonchev–Trinajstić information content (AvgIpc) is 3.02. The van der Waals surface area contributed by atoms with E-state index in [0.717, 1.165) is 21.9 Å². The molecule has 44 heavy (non-hydrogen) atoms. The van der Waals surface area contributed by atoms with Gasteiger partial charge in [0.15, 0.2) is 0 Å². The summed E-state index contributed by atoms with van der Waals surface area (Å²) in [6.07, 6.45) is 0. The lowest BCUT2D eigenvalue weighted by molar-refractivity contribution is 1.000. The van der Waals surface area contributed by atoms with Crippen molar-refractivity contribution in [3.8, 4) is 0 Å². The molecule has 6 rings (SSSR count). The van der Waals surface area contributed by atoms with Gasteiger partial charge in [-0.05, 0) is 47.5 Å². The Morgan fingerprint density at radius 1 is 0.523 bits per heavy atom. The fraction of sp³-hybridized carbons (Fsp3) is 0.0667. The molecular formula is C30H28N12O2. The number of rotatable bonds is 10. The summed E-state index contributed by atoms with van der Waals surface area (Å²) < 4.78 is 0. The number of aromatic amines is 2. The fourth-order valence-electron chi connectivity index (χ4n) is 4.49. The maximum absolute atomic E-state index is 12.3. The van der Waals surface area contributed by atoms with E-state index in [1.807, 2.05) is 84.9 Å². The van der Waals surface area contributed by atoms with Gasteiger partial charge >= 0.3 is 11.4 Å². The quantitative estimate of drug-likeness (QED) is 0.115. The van der Waals surface area contributed by atoms with E-state index in [0.29, 0.717) is 35.8 Å². The van der Waals surface area contributed by atoms with Crippen LogP contribution in [-0.2, 0) is 13.1 Å².